The first-order valence-corrected chi connectivity index (χ1v) is 19.9. The topological polar surface area (TPSA) is 116 Å². The highest BCUT2D eigenvalue weighted by Crippen LogP contribution is 2.43. The van der Waals surface area contributed by atoms with Crippen LogP contribution in [0.2, 0.25) is 0 Å². The van der Waals surface area contributed by atoms with Gasteiger partial charge in [-0.05, 0) is 76.4 Å². The van der Waals surface area contributed by atoms with Gasteiger partial charge in [0.05, 0.1) is 32.8 Å². The standard InChI is InChI=1S/C49H66O8/c1-34(18-14-20-36(3)22-24-42-38(5)30-40(32-48(42,7)8)56-46(53)27-26-44(50)51)16-12-13-17-35(2)19-15-21-37(4)23-25-43-39(6)31-41(33-49(43,9)10)57-47(54)29-28-45(52)55-11/h12-25,40-41H,26-33H2,1-11H3,(H,50,51)/b13-12+,18-14+,19-15+,24-22+,25-23+,34-16+,35-17+,36-20+,37-21+. The Balaban J connectivity index is 1.91. The third kappa shape index (κ3) is 18.2. The summed E-state index contributed by atoms with van der Waals surface area (Å²) in [5.41, 5.74) is 9.03. The predicted molar refractivity (Wildman–Crippen MR) is 230 cm³/mol. The van der Waals surface area contributed by atoms with Gasteiger partial charge in [-0.15, -0.1) is 0 Å². The SMILES string of the molecule is COC(=O)CCC(=O)OC1CC(C)=C(/C=C/C(C)=C/C=C/C(C)=C/C=C/C=C(C)/C=C/C=C(C)/C=C/C2=C(C)CC(OC(=O)CCC(=O)O)CC2(C)C)C(C)(C)C1. The Hall–Kier alpha value is -4.98. The van der Waals surface area contributed by atoms with Crippen LogP contribution in [0.3, 0.4) is 0 Å². The number of carbonyl (C=O) groups excluding carboxylic acids is 3. The first kappa shape index (κ1) is 48.2. The van der Waals surface area contributed by atoms with Gasteiger partial charge in [-0.2, -0.15) is 0 Å². The van der Waals surface area contributed by atoms with Crippen LogP contribution in [-0.2, 0) is 33.4 Å². The molecule has 8 heteroatoms. The summed E-state index contributed by atoms with van der Waals surface area (Å²) >= 11 is 0. The van der Waals surface area contributed by atoms with Gasteiger partial charge in [0.1, 0.15) is 12.2 Å². The number of hydrogen-bond acceptors (Lipinski definition) is 7. The van der Waals surface area contributed by atoms with Crippen LogP contribution >= 0.6 is 0 Å². The highest BCUT2D eigenvalue weighted by molar-refractivity contribution is 5.78. The number of hydrogen-bond donors (Lipinski definition) is 1. The van der Waals surface area contributed by atoms with Gasteiger partial charge < -0.3 is 19.3 Å². The molecule has 0 aromatic rings. The van der Waals surface area contributed by atoms with E-state index in [1.807, 2.05) is 18.2 Å². The fourth-order valence-corrected chi connectivity index (χ4v) is 7.24. The Morgan fingerprint density at radius 2 is 0.930 bits per heavy atom. The van der Waals surface area contributed by atoms with Crippen molar-refractivity contribution in [3.8, 4) is 0 Å². The average molecular weight is 783 g/mol. The van der Waals surface area contributed by atoms with Gasteiger partial charge in [0.25, 0.3) is 0 Å². The van der Waals surface area contributed by atoms with Crippen LogP contribution in [0.5, 0.6) is 0 Å². The lowest BCUT2D eigenvalue weighted by atomic mass is 9.71. The van der Waals surface area contributed by atoms with Crippen LogP contribution in [0.1, 0.15) is 121 Å². The monoisotopic (exact) mass is 782 g/mol. The summed E-state index contributed by atoms with van der Waals surface area (Å²) in [6.07, 6.45) is 31.2. The van der Waals surface area contributed by atoms with Crippen molar-refractivity contribution in [2.45, 2.75) is 133 Å². The lowest BCUT2D eigenvalue weighted by molar-refractivity contribution is -0.154. The molecule has 0 saturated heterocycles. The molecular weight excluding hydrogens is 717 g/mol. The molecule has 0 amide bonds. The summed E-state index contributed by atoms with van der Waals surface area (Å²) < 4.78 is 15.9. The van der Waals surface area contributed by atoms with E-state index >= 15 is 0 Å². The van der Waals surface area contributed by atoms with Gasteiger partial charge >= 0.3 is 23.9 Å². The number of carbonyl (C=O) groups is 4. The average Bonchev–Trinajstić information content (AvgIpc) is 3.10. The molecule has 2 aliphatic carbocycles. The van der Waals surface area contributed by atoms with Crippen LogP contribution in [-0.4, -0.2) is 48.3 Å². The van der Waals surface area contributed by atoms with Crippen molar-refractivity contribution in [3.63, 3.8) is 0 Å². The van der Waals surface area contributed by atoms with Crippen molar-refractivity contribution in [2.24, 2.45) is 10.8 Å². The van der Waals surface area contributed by atoms with Crippen molar-refractivity contribution >= 4 is 23.9 Å². The number of carboxylic acids is 1. The first-order valence-electron chi connectivity index (χ1n) is 19.9. The maximum absolute atomic E-state index is 12.3. The number of aliphatic carboxylic acids is 1. The molecule has 2 aliphatic rings. The van der Waals surface area contributed by atoms with Gasteiger partial charge in [-0.25, -0.2) is 0 Å². The predicted octanol–water partition coefficient (Wildman–Crippen LogP) is 11.5. The second kappa shape index (κ2) is 23.3. The number of rotatable bonds is 18. The summed E-state index contributed by atoms with van der Waals surface area (Å²) in [5.74, 6) is -2.23. The van der Waals surface area contributed by atoms with E-state index in [0.717, 1.165) is 28.7 Å². The molecule has 0 aliphatic heterocycles. The number of ether oxygens (including phenoxy) is 3. The van der Waals surface area contributed by atoms with Gasteiger partial charge in [-0.3, -0.25) is 19.2 Å². The Morgan fingerprint density at radius 3 is 1.30 bits per heavy atom. The number of carboxylic acid groups (broad SMARTS) is 1. The first-order chi connectivity index (χ1) is 26.7. The van der Waals surface area contributed by atoms with Gasteiger partial charge in [0, 0.05) is 12.8 Å². The van der Waals surface area contributed by atoms with E-state index in [2.05, 4.69) is 141 Å². The fourth-order valence-electron chi connectivity index (χ4n) is 7.24. The van der Waals surface area contributed by atoms with E-state index in [9.17, 15) is 19.2 Å². The molecule has 2 rings (SSSR count). The van der Waals surface area contributed by atoms with Gasteiger partial charge in [0.15, 0.2) is 0 Å². The lowest BCUT2D eigenvalue weighted by Gasteiger charge is -2.37. The Bertz CT molecular complexity index is 1810. The summed E-state index contributed by atoms with van der Waals surface area (Å²) in [6, 6.07) is 0. The summed E-state index contributed by atoms with van der Waals surface area (Å²) in [6.45, 7) is 21.1. The summed E-state index contributed by atoms with van der Waals surface area (Å²) in [4.78, 5) is 46.5. The zero-order valence-corrected chi connectivity index (χ0v) is 36.2. The summed E-state index contributed by atoms with van der Waals surface area (Å²) in [7, 11) is 1.31. The van der Waals surface area contributed by atoms with Crippen molar-refractivity contribution in [1.82, 2.24) is 0 Å². The van der Waals surface area contributed by atoms with E-state index in [1.165, 1.54) is 29.4 Å². The van der Waals surface area contributed by atoms with Gasteiger partial charge in [-0.1, -0.05) is 146 Å². The van der Waals surface area contributed by atoms with E-state index in [4.69, 9.17) is 14.6 Å². The minimum Gasteiger partial charge on any atom is -0.481 e. The second-order valence-corrected chi connectivity index (χ2v) is 16.6. The highest BCUT2D eigenvalue weighted by Gasteiger charge is 2.35. The largest absolute Gasteiger partial charge is 0.481 e. The van der Waals surface area contributed by atoms with E-state index in [-0.39, 0.29) is 54.7 Å². The molecule has 8 nitrogen and oxygen atoms in total. The quantitative estimate of drug-likeness (QED) is 0.0830. The molecule has 0 spiro atoms. The van der Waals surface area contributed by atoms with Crippen LogP contribution < -0.4 is 0 Å². The van der Waals surface area contributed by atoms with Crippen molar-refractivity contribution in [3.05, 3.63) is 130 Å². The summed E-state index contributed by atoms with van der Waals surface area (Å²) in [5, 5.41) is 8.83. The van der Waals surface area contributed by atoms with Gasteiger partial charge in [0.2, 0.25) is 0 Å². The van der Waals surface area contributed by atoms with E-state index in [0.29, 0.717) is 19.3 Å². The zero-order valence-electron chi connectivity index (χ0n) is 36.2. The van der Waals surface area contributed by atoms with Crippen LogP contribution in [0.15, 0.2) is 130 Å². The second-order valence-electron chi connectivity index (χ2n) is 16.6. The molecule has 0 heterocycles. The van der Waals surface area contributed by atoms with Crippen LogP contribution in [0.25, 0.3) is 0 Å². The Morgan fingerprint density at radius 1 is 0.579 bits per heavy atom. The highest BCUT2D eigenvalue weighted by atomic mass is 16.5. The molecule has 57 heavy (non-hydrogen) atoms. The Labute approximate surface area is 341 Å². The van der Waals surface area contributed by atoms with Crippen molar-refractivity contribution in [2.75, 3.05) is 7.11 Å². The third-order valence-electron chi connectivity index (χ3n) is 10.1. The minimum absolute atomic E-state index is 0.0297. The molecular formula is C49H66O8. The maximum Gasteiger partial charge on any atom is 0.306 e. The molecule has 2 atom stereocenters. The van der Waals surface area contributed by atoms with Crippen LogP contribution in [0.4, 0.5) is 0 Å². The molecule has 0 radical (unpaired) electrons. The maximum atomic E-state index is 12.3. The fraction of sp³-hybridized carbons (Fsp3) is 0.469. The van der Waals surface area contributed by atoms with Crippen LogP contribution in [0, 0.1) is 10.8 Å². The van der Waals surface area contributed by atoms with Crippen molar-refractivity contribution in [1.29, 1.82) is 0 Å². The normalized spacial score (nSPS) is 21.1. The smallest absolute Gasteiger partial charge is 0.306 e. The number of methoxy groups -OCH3 is 1. The molecule has 0 aromatic heterocycles. The number of allylic oxidation sites excluding steroid dienone is 20. The molecule has 2 unspecified atom stereocenters. The number of esters is 3. The molecule has 0 fully saturated rings. The molecule has 0 aromatic carbocycles. The Kier molecular flexibility index (Phi) is 19.7. The zero-order chi connectivity index (χ0) is 42.8. The lowest BCUT2D eigenvalue weighted by Crippen LogP contribution is -2.32. The molecule has 1 N–H and O–H groups in total. The molecule has 0 bridgehead atoms. The van der Waals surface area contributed by atoms with Crippen molar-refractivity contribution < 1.29 is 38.5 Å². The third-order valence-corrected chi connectivity index (χ3v) is 10.1. The van der Waals surface area contributed by atoms with E-state index in [1.54, 1.807) is 0 Å². The minimum atomic E-state index is -1.00. The molecule has 310 valence electrons. The van der Waals surface area contributed by atoms with E-state index < -0.39 is 17.9 Å². The molecule has 0 saturated carbocycles.